The summed E-state index contributed by atoms with van der Waals surface area (Å²) in [5.41, 5.74) is 9.33. The molecular formula is C15H17N7. The molecule has 0 fully saturated rings. The predicted molar refractivity (Wildman–Crippen MR) is 87.4 cm³/mol. The molecule has 2 aromatic heterocycles. The summed E-state index contributed by atoms with van der Waals surface area (Å²) in [6.07, 6.45) is 2.26. The molecule has 0 amide bonds. The zero-order valence-corrected chi connectivity index (χ0v) is 12.4. The van der Waals surface area contributed by atoms with Crippen LogP contribution in [0, 0.1) is 5.41 Å². The minimum atomic E-state index is 0.269. The average molecular weight is 295 g/mol. The number of rotatable bonds is 4. The van der Waals surface area contributed by atoms with Gasteiger partial charge in [0.15, 0.2) is 0 Å². The molecule has 0 atom stereocenters. The highest BCUT2D eigenvalue weighted by Crippen LogP contribution is 2.24. The summed E-state index contributed by atoms with van der Waals surface area (Å²) in [4.78, 5) is 8.10. The van der Waals surface area contributed by atoms with Crippen molar-refractivity contribution in [2.75, 3.05) is 18.1 Å². The van der Waals surface area contributed by atoms with Crippen LogP contribution in [0.3, 0.4) is 0 Å². The van der Waals surface area contributed by atoms with E-state index in [9.17, 15) is 0 Å². The zero-order valence-electron chi connectivity index (χ0n) is 12.4. The number of H-pyrrole nitrogens is 1. The SMILES string of the molecule is CCc1[nH]nc2cc(C(=N)c3c(N)ncnc3NC)ccc12. The van der Waals surface area contributed by atoms with Gasteiger partial charge in [0, 0.05) is 23.7 Å². The fraction of sp³-hybridized carbons (Fsp3) is 0.200. The fourth-order valence-electron chi connectivity index (χ4n) is 2.47. The second kappa shape index (κ2) is 5.44. The molecule has 0 spiro atoms. The number of aromatic nitrogens is 4. The number of aryl methyl sites for hydroxylation is 1. The Kier molecular flexibility index (Phi) is 3.46. The van der Waals surface area contributed by atoms with Gasteiger partial charge in [-0.2, -0.15) is 5.10 Å². The minimum Gasteiger partial charge on any atom is -0.383 e. The monoisotopic (exact) mass is 295 g/mol. The smallest absolute Gasteiger partial charge is 0.140 e. The van der Waals surface area contributed by atoms with Crippen molar-refractivity contribution in [3.63, 3.8) is 0 Å². The molecule has 0 unspecified atom stereocenters. The van der Waals surface area contributed by atoms with Crippen LogP contribution in [0.5, 0.6) is 0 Å². The Morgan fingerprint density at radius 1 is 1.36 bits per heavy atom. The van der Waals surface area contributed by atoms with E-state index in [4.69, 9.17) is 11.1 Å². The van der Waals surface area contributed by atoms with Gasteiger partial charge >= 0.3 is 0 Å². The largest absolute Gasteiger partial charge is 0.383 e. The van der Waals surface area contributed by atoms with Crippen LogP contribution >= 0.6 is 0 Å². The van der Waals surface area contributed by atoms with E-state index in [2.05, 4.69) is 32.4 Å². The average Bonchev–Trinajstić information content (AvgIpc) is 2.96. The van der Waals surface area contributed by atoms with Gasteiger partial charge in [-0.15, -0.1) is 0 Å². The molecule has 0 bridgehead atoms. The predicted octanol–water partition coefficient (Wildman–Crippen LogP) is 1.96. The second-order valence-electron chi connectivity index (χ2n) is 4.90. The first-order valence-corrected chi connectivity index (χ1v) is 7.00. The highest BCUT2D eigenvalue weighted by molar-refractivity contribution is 6.17. The lowest BCUT2D eigenvalue weighted by molar-refractivity contribution is 0.988. The molecule has 2 heterocycles. The Morgan fingerprint density at radius 3 is 2.91 bits per heavy atom. The summed E-state index contributed by atoms with van der Waals surface area (Å²) in [7, 11) is 1.74. The third-order valence-electron chi connectivity index (χ3n) is 3.64. The van der Waals surface area contributed by atoms with Crippen LogP contribution in [0.4, 0.5) is 11.6 Å². The van der Waals surface area contributed by atoms with Crippen molar-refractivity contribution in [3.05, 3.63) is 41.3 Å². The number of aromatic amines is 1. The van der Waals surface area contributed by atoms with Crippen molar-refractivity contribution in [2.24, 2.45) is 0 Å². The van der Waals surface area contributed by atoms with Gasteiger partial charge in [0.05, 0.1) is 16.8 Å². The number of hydrogen-bond acceptors (Lipinski definition) is 6. The fourth-order valence-corrected chi connectivity index (χ4v) is 2.47. The summed E-state index contributed by atoms with van der Waals surface area (Å²) in [6.45, 7) is 2.07. The number of fused-ring (bicyclic) bond motifs is 1. The Bertz CT molecular complexity index is 850. The molecule has 0 saturated heterocycles. The van der Waals surface area contributed by atoms with Gasteiger partial charge in [-0.3, -0.25) is 10.5 Å². The lowest BCUT2D eigenvalue weighted by atomic mass is 10.0. The van der Waals surface area contributed by atoms with E-state index in [1.165, 1.54) is 6.33 Å². The first kappa shape index (κ1) is 14.0. The number of hydrogen-bond donors (Lipinski definition) is 4. The van der Waals surface area contributed by atoms with Gasteiger partial charge in [-0.1, -0.05) is 19.1 Å². The molecule has 7 heteroatoms. The Labute approximate surface area is 127 Å². The molecule has 7 nitrogen and oxygen atoms in total. The van der Waals surface area contributed by atoms with E-state index >= 15 is 0 Å². The second-order valence-corrected chi connectivity index (χ2v) is 4.90. The third kappa shape index (κ3) is 2.16. The van der Waals surface area contributed by atoms with Crippen molar-refractivity contribution >= 4 is 28.3 Å². The molecule has 0 radical (unpaired) electrons. The molecule has 3 aromatic rings. The van der Waals surface area contributed by atoms with Gasteiger partial charge in [0.1, 0.15) is 18.0 Å². The first-order valence-electron chi connectivity index (χ1n) is 7.00. The normalized spacial score (nSPS) is 10.8. The Hall–Kier alpha value is -2.96. The maximum absolute atomic E-state index is 8.44. The number of nitrogens with two attached hydrogens (primary N) is 1. The lowest BCUT2D eigenvalue weighted by Crippen LogP contribution is -2.12. The van der Waals surface area contributed by atoms with Crippen LogP contribution < -0.4 is 11.1 Å². The molecular weight excluding hydrogens is 278 g/mol. The van der Waals surface area contributed by atoms with Crippen LogP contribution in [-0.4, -0.2) is 32.9 Å². The quantitative estimate of drug-likeness (QED) is 0.549. The van der Waals surface area contributed by atoms with Crippen molar-refractivity contribution in [2.45, 2.75) is 13.3 Å². The van der Waals surface area contributed by atoms with Gasteiger partial charge in [-0.25, -0.2) is 9.97 Å². The zero-order chi connectivity index (χ0) is 15.7. The summed E-state index contributed by atoms with van der Waals surface area (Å²) >= 11 is 0. The van der Waals surface area contributed by atoms with Gasteiger partial charge in [0.25, 0.3) is 0 Å². The van der Waals surface area contributed by atoms with E-state index in [0.717, 1.165) is 28.6 Å². The van der Waals surface area contributed by atoms with Crippen molar-refractivity contribution in [1.82, 2.24) is 20.2 Å². The summed E-state index contributed by atoms with van der Waals surface area (Å²) in [6, 6.07) is 5.74. The molecule has 3 rings (SSSR count). The Balaban J connectivity index is 2.10. The molecule has 0 aliphatic heterocycles. The summed E-state index contributed by atoms with van der Waals surface area (Å²) < 4.78 is 0. The number of anilines is 2. The number of nitrogen functional groups attached to an aromatic ring is 1. The van der Waals surface area contributed by atoms with Crippen LogP contribution in [-0.2, 0) is 6.42 Å². The van der Waals surface area contributed by atoms with Crippen LogP contribution in [0.15, 0.2) is 24.5 Å². The van der Waals surface area contributed by atoms with Gasteiger partial charge < -0.3 is 11.1 Å². The number of nitrogens with zero attached hydrogens (tertiary/aromatic N) is 3. The number of nitrogens with one attached hydrogen (secondary N) is 3. The minimum absolute atomic E-state index is 0.269. The molecule has 1 aromatic carbocycles. The van der Waals surface area contributed by atoms with Crippen LogP contribution in [0.2, 0.25) is 0 Å². The first-order chi connectivity index (χ1) is 10.7. The van der Waals surface area contributed by atoms with Crippen LogP contribution in [0.25, 0.3) is 10.9 Å². The van der Waals surface area contributed by atoms with E-state index in [0.29, 0.717) is 11.4 Å². The van der Waals surface area contributed by atoms with Crippen molar-refractivity contribution in [3.8, 4) is 0 Å². The maximum atomic E-state index is 8.44. The molecule has 112 valence electrons. The van der Waals surface area contributed by atoms with E-state index in [1.807, 2.05) is 18.2 Å². The molecule has 22 heavy (non-hydrogen) atoms. The van der Waals surface area contributed by atoms with Gasteiger partial charge in [0.2, 0.25) is 0 Å². The van der Waals surface area contributed by atoms with Crippen molar-refractivity contribution in [1.29, 1.82) is 5.41 Å². The highest BCUT2D eigenvalue weighted by atomic mass is 15.1. The summed E-state index contributed by atoms with van der Waals surface area (Å²) in [5, 5.41) is 19.8. The van der Waals surface area contributed by atoms with E-state index in [1.54, 1.807) is 7.05 Å². The molecule has 0 aliphatic carbocycles. The highest BCUT2D eigenvalue weighted by Gasteiger charge is 2.16. The molecule has 0 saturated carbocycles. The lowest BCUT2D eigenvalue weighted by Gasteiger charge is -2.11. The summed E-state index contributed by atoms with van der Waals surface area (Å²) in [5.74, 6) is 0.814. The number of benzene rings is 1. The molecule has 0 aliphatic rings. The van der Waals surface area contributed by atoms with Crippen LogP contribution in [0.1, 0.15) is 23.7 Å². The maximum Gasteiger partial charge on any atom is 0.140 e. The molecule has 5 N–H and O–H groups in total. The van der Waals surface area contributed by atoms with E-state index < -0.39 is 0 Å². The van der Waals surface area contributed by atoms with E-state index in [-0.39, 0.29) is 11.5 Å². The van der Waals surface area contributed by atoms with Gasteiger partial charge in [-0.05, 0) is 12.5 Å². The standard InChI is InChI=1S/C15H17N7/c1-3-10-9-5-4-8(6-11(9)22-21-10)13(16)12-14(17)19-7-20-15(12)18-2/h4-7,16H,3H2,1-2H3,(H,21,22)(H3,17,18,19,20). The topological polar surface area (TPSA) is 116 Å². The Morgan fingerprint density at radius 2 is 2.18 bits per heavy atom. The third-order valence-corrected chi connectivity index (χ3v) is 3.64. The van der Waals surface area contributed by atoms with Crippen molar-refractivity contribution < 1.29 is 0 Å².